The first-order valence-corrected chi connectivity index (χ1v) is 6.28. The number of amides is 1. The molecule has 0 bridgehead atoms. The molecular weight excluding hydrogens is 230 g/mol. The van der Waals surface area contributed by atoms with Gasteiger partial charge in [0.2, 0.25) is 0 Å². The summed E-state index contributed by atoms with van der Waals surface area (Å²) in [6, 6.07) is 3.09. The monoisotopic (exact) mass is 249 g/mol. The summed E-state index contributed by atoms with van der Waals surface area (Å²) >= 11 is 0. The van der Waals surface area contributed by atoms with Crippen molar-refractivity contribution in [1.29, 1.82) is 0 Å². The molecule has 5 heteroatoms. The molecule has 0 aliphatic carbocycles. The largest absolute Gasteiger partial charge is 0.505 e. The van der Waals surface area contributed by atoms with Gasteiger partial charge in [-0.3, -0.25) is 4.79 Å². The molecule has 2 rings (SSSR count). The predicted molar refractivity (Wildman–Crippen MR) is 68.5 cm³/mol. The summed E-state index contributed by atoms with van der Waals surface area (Å²) in [5.41, 5.74) is 0.128. The maximum atomic E-state index is 12.1. The minimum atomic E-state index is -0.223. The number of piperidine rings is 1. The van der Waals surface area contributed by atoms with Gasteiger partial charge in [-0.05, 0) is 44.0 Å². The average Bonchev–Trinajstić information content (AvgIpc) is 2.39. The number of carbonyl (C=O) groups excluding carboxylic acids is 1. The molecule has 0 saturated carbocycles. The molecule has 5 nitrogen and oxygen atoms in total. The third kappa shape index (κ3) is 2.98. The van der Waals surface area contributed by atoms with Gasteiger partial charge in [-0.1, -0.05) is 0 Å². The van der Waals surface area contributed by atoms with Crippen LogP contribution in [0.25, 0.3) is 0 Å². The Hall–Kier alpha value is -1.62. The van der Waals surface area contributed by atoms with Gasteiger partial charge in [-0.2, -0.15) is 0 Å². The second-order valence-corrected chi connectivity index (χ2v) is 4.77. The summed E-state index contributed by atoms with van der Waals surface area (Å²) in [7, 11) is 1.76. The molecule has 1 atom stereocenters. The molecule has 2 heterocycles. The number of pyridine rings is 1. The molecule has 1 aliphatic rings. The quantitative estimate of drug-likeness (QED) is 0.834. The second-order valence-electron chi connectivity index (χ2n) is 4.77. The Kier molecular flexibility index (Phi) is 4.15. The first-order valence-electron chi connectivity index (χ1n) is 6.28. The van der Waals surface area contributed by atoms with Crippen molar-refractivity contribution < 1.29 is 9.90 Å². The fourth-order valence-electron chi connectivity index (χ4n) is 2.29. The molecule has 1 aromatic heterocycles. The Morgan fingerprint density at radius 2 is 2.50 bits per heavy atom. The molecule has 1 saturated heterocycles. The number of hydrogen-bond donors (Lipinski definition) is 2. The molecule has 1 fully saturated rings. The van der Waals surface area contributed by atoms with Crippen LogP contribution in [0, 0.1) is 5.92 Å². The van der Waals surface area contributed by atoms with Crippen LogP contribution < -0.4 is 5.32 Å². The van der Waals surface area contributed by atoms with Crippen LogP contribution in [-0.2, 0) is 0 Å². The highest BCUT2D eigenvalue weighted by molar-refractivity contribution is 5.94. The van der Waals surface area contributed by atoms with Gasteiger partial charge in [-0.25, -0.2) is 4.98 Å². The molecule has 0 aromatic carbocycles. The molecule has 0 radical (unpaired) electrons. The number of rotatable bonds is 3. The minimum Gasteiger partial charge on any atom is -0.505 e. The predicted octanol–water partition coefficient (Wildman–Crippen LogP) is 0.859. The van der Waals surface area contributed by atoms with E-state index in [-0.39, 0.29) is 17.4 Å². The van der Waals surface area contributed by atoms with Crippen LogP contribution in [0.15, 0.2) is 18.3 Å². The van der Waals surface area contributed by atoms with E-state index in [4.69, 9.17) is 0 Å². The highest BCUT2D eigenvalue weighted by Crippen LogP contribution is 2.16. The van der Waals surface area contributed by atoms with Crippen molar-refractivity contribution in [2.45, 2.75) is 12.8 Å². The molecule has 98 valence electrons. The zero-order valence-corrected chi connectivity index (χ0v) is 10.6. The highest BCUT2D eigenvalue weighted by Gasteiger charge is 2.21. The van der Waals surface area contributed by atoms with E-state index in [2.05, 4.69) is 10.3 Å². The molecule has 1 aromatic rings. The number of hydrogen-bond acceptors (Lipinski definition) is 4. The van der Waals surface area contributed by atoms with E-state index in [1.54, 1.807) is 18.0 Å². The lowest BCUT2D eigenvalue weighted by Crippen LogP contribution is -2.39. The summed E-state index contributed by atoms with van der Waals surface area (Å²) in [6.07, 6.45) is 3.81. The Morgan fingerprint density at radius 3 is 3.17 bits per heavy atom. The lowest BCUT2D eigenvalue weighted by molar-refractivity contribution is 0.0755. The Balaban J connectivity index is 1.98. The van der Waals surface area contributed by atoms with Crippen molar-refractivity contribution in [3.05, 3.63) is 24.0 Å². The topological polar surface area (TPSA) is 65.5 Å². The average molecular weight is 249 g/mol. The van der Waals surface area contributed by atoms with E-state index in [9.17, 15) is 9.90 Å². The maximum Gasteiger partial charge on any atom is 0.276 e. The van der Waals surface area contributed by atoms with Gasteiger partial charge < -0.3 is 15.3 Å². The van der Waals surface area contributed by atoms with Crippen LogP contribution in [-0.4, -0.2) is 47.6 Å². The Labute approximate surface area is 107 Å². The summed E-state index contributed by atoms with van der Waals surface area (Å²) < 4.78 is 0. The van der Waals surface area contributed by atoms with Gasteiger partial charge in [0.1, 0.15) is 5.75 Å². The number of carbonyl (C=O) groups is 1. The molecule has 1 amide bonds. The SMILES string of the molecule is CN(CC1CCCNC1)C(=O)c1ncccc1O. The lowest BCUT2D eigenvalue weighted by atomic mass is 9.99. The van der Waals surface area contributed by atoms with Crippen LogP contribution in [0.3, 0.4) is 0 Å². The van der Waals surface area contributed by atoms with Crippen molar-refractivity contribution in [3.63, 3.8) is 0 Å². The van der Waals surface area contributed by atoms with Crippen molar-refractivity contribution in [1.82, 2.24) is 15.2 Å². The highest BCUT2D eigenvalue weighted by atomic mass is 16.3. The van der Waals surface area contributed by atoms with E-state index in [0.717, 1.165) is 25.9 Å². The van der Waals surface area contributed by atoms with Crippen LogP contribution in [0.2, 0.25) is 0 Å². The number of nitrogens with zero attached hydrogens (tertiary/aromatic N) is 2. The van der Waals surface area contributed by atoms with Gasteiger partial charge in [-0.15, -0.1) is 0 Å². The van der Waals surface area contributed by atoms with Crippen LogP contribution in [0.1, 0.15) is 23.3 Å². The van der Waals surface area contributed by atoms with E-state index >= 15 is 0 Å². The summed E-state index contributed by atoms with van der Waals surface area (Å²) in [5, 5.41) is 12.9. The van der Waals surface area contributed by atoms with Crippen molar-refractivity contribution in [3.8, 4) is 5.75 Å². The van der Waals surface area contributed by atoms with Crippen molar-refractivity contribution >= 4 is 5.91 Å². The molecule has 18 heavy (non-hydrogen) atoms. The maximum absolute atomic E-state index is 12.1. The van der Waals surface area contributed by atoms with Crippen molar-refractivity contribution in [2.24, 2.45) is 5.92 Å². The summed E-state index contributed by atoms with van der Waals surface area (Å²) in [6.45, 7) is 2.71. The Bertz CT molecular complexity index is 416. The van der Waals surface area contributed by atoms with Gasteiger partial charge >= 0.3 is 0 Å². The van der Waals surface area contributed by atoms with Crippen LogP contribution >= 0.6 is 0 Å². The van der Waals surface area contributed by atoms with Gasteiger partial charge in [0.25, 0.3) is 5.91 Å². The summed E-state index contributed by atoms with van der Waals surface area (Å²) in [4.78, 5) is 17.7. The van der Waals surface area contributed by atoms with Gasteiger partial charge in [0, 0.05) is 19.8 Å². The third-order valence-corrected chi connectivity index (χ3v) is 3.27. The third-order valence-electron chi connectivity index (χ3n) is 3.27. The van der Waals surface area contributed by atoms with Crippen LogP contribution in [0.5, 0.6) is 5.75 Å². The Morgan fingerprint density at radius 1 is 1.67 bits per heavy atom. The first-order chi connectivity index (χ1) is 8.68. The normalized spacial score (nSPS) is 19.5. The summed E-state index contributed by atoms with van der Waals surface area (Å²) in [5.74, 6) is 0.202. The number of aromatic hydroxyl groups is 1. The fourth-order valence-corrected chi connectivity index (χ4v) is 2.29. The minimum absolute atomic E-state index is 0.0591. The number of nitrogens with one attached hydrogen (secondary N) is 1. The molecular formula is C13H19N3O2. The second kappa shape index (κ2) is 5.82. The number of aromatic nitrogens is 1. The molecule has 0 spiro atoms. The zero-order valence-electron chi connectivity index (χ0n) is 10.6. The first kappa shape index (κ1) is 12.8. The van der Waals surface area contributed by atoms with Crippen LogP contribution in [0.4, 0.5) is 0 Å². The standard InChI is InChI=1S/C13H19N3O2/c1-16(9-10-4-2-6-14-8-10)13(18)12-11(17)5-3-7-15-12/h3,5,7,10,14,17H,2,4,6,8-9H2,1H3. The van der Waals surface area contributed by atoms with E-state index < -0.39 is 0 Å². The molecule has 2 N–H and O–H groups in total. The van der Waals surface area contributed by atoms with Crippen molar-refractivity contribution in [2.75, 3.05) is 26.7 Å². The van der Waals surface area contributed by atoms with E-state index in [1.807, 2.05) is 0 Å². The fraction of sp³-hybridized carbons (Fsp3) is 0.538. The van der Waals surface area contributed by atoms with E-state index in [0.29, 0.717) is 12.5 Å². The zero-order chi connectivity index (χ0) is 13.0. The van der Waals surface area contributed by atoms with Gasteiger partial charge in [0.05, 0.1) is 0 Å². The lowest BCUT2D eigenvalue weighted by Gasteiger charge is -2.27. The van der Waals surface area contributed by atoms with Gasteiger partial charge in [0.15, 0.2) is 5.69 Å². The molecule has 1 unspecified atom stereocenters. The smallest absolute Gasteiger partial charge is 0.276 e. The van der Waals surface area contributed by atoms with E-state index in [1.165, 1.54) is 12.3 Å². The molecule has 1 aliphatic heterocycles.